The molecule has 0 radical (unpaired) electrons. The number of fused-ring (bicyclic) bond motifs is 1. The molecule has 0 aliphatic carbocycles. The highest BCUT2D eigenvalue weighted by Gasteiger charge is 2.21. The fourth-order valence-electron chi connectivity index (χ4n) is 3.63. The van der Waals surface area contributed by atoms with Crippen LogP contribution in [0.3, 0.4) is 0 Å². The number of rotatable bonds is 7. The van der Waals surface area contributed by atoms with Gasteiger partial charge in [0.2, 0.25) is 0 Å². The zero-order valence-corrected chi connectivity index (χ0v) is 15.8. The van der Waals surface area contributed by atoms with E-state index in [0.29, 0.717) is 25.6 Å². The Labute approximate surface area is 155 Å². The second kappa shape index (κ2) is 9.01. The van der Waals surface area contributed by atoms with E-state index in [9.17, 15) is 4.79 Å². The van der Waals surface area contributed by atoms with Crippen molar-refractivity contribution in [3.8, 4) is 0 Å². The second-order valence-corrected chi connectivity index (χ2v) is 7.16. The minimum absolute atomic E-state index is 0.00969. The number of hydrogen-bond donors (Lipinski definition) is 1. The fourth-order valence-corrected chi connectivity index (χ4v) is 3.63. The number of ether oxygens (including phenoxy) is 1. The number of carbonyl (C=O) groups is 1. The van der Waals surface area contributed by atoms with Gasteiger partial charge in [-0.3, -0.25) is 0 Å². The van der Waals surface area contributed by atoms with Crippen molar-refractivity contribution >= 4 is 16.8 Å². The summed E-state index contributed by atoms with van der Waals surface area (Å²) in [6.45, 7) is 4.61. The lowest BCUT2D eigenvalue weighted by Gasteiger charge is -2.24. The highest BCUT2D eigenvalue weighted by atomic mass is 16.5. The van der Waals surface area contributed by atoms with Crippen LogP contribution in [0.2, 0.25) is 0 Å². The van der Waals surface area contributed by atoms with Gasteiger partial charge in [-0.25, -0.2) is 4.79 Å². The first-order chi connectivity index (χ1) is 12.7. The average molecular weight is 355 g/mol. The molecule has 1 N–H and O–H groups in total. The van der Waals surface area contributed by atoms with Crippen molar-refractivity contribution in [2.75, 3.05) is 46.9 Å². The van der Waals surface area contributed by atoms with Crippen molar-refractivity contribution in [2.24, 2.45) is 5.92 Å². The first kappa shape index (κ1) is 18.7. The minimum atomic E-state index is -0.00969. The number of benzene rings is 2. The molecule has 0 aromatic heterocycles. The van der Waals surface area contributed by atoms with E-state index < -0.39 is 0 Å². The maximum absolute atomic E-state index is 12.8. The Morgan fingerprint density at radius 1 is 1.27 bits per heavy atom. The van der Waals surface area contributed by atoms with Crippen LogP contribution in [0.5, 0.6) is 0 Å². The number of likely N-dealkylation sites (tertiary alicyclic amines) is 1. The number of hydrogen-bond acceptors (Lipinski definition) is 3. The van der Waals surface area contributed by atoms with Crippen molar-refractivity contribution in [3.63, 3.8) is 0 Å². The molecule has 0 saturated carbocycles. The first-order valence-electron chi connectivity index (χ1n) is 9.34. The van der Waals surface area contributed by atoms with Gasteiger partial charge in [0.15, 0.2) is 0 Å². The molecule has 140 valence electrons. The number of amides is 2. The van der Waals surface area contributed by atoms with Gasteiger partial charge in [0.25, 0.3) is 0 Å². The molecule has 2 amide bonds. The van der Waals surface area contributed by atoms with Crippen LogP contribution in [-0.2, 0) is 11.3 Å². The van der Waals surface area contributed by atoms with Crippen LogP contribution in [0.1, 0.15) is 12.0 Å². The summed E-state index contributed by atoms with van der Waals surface area (Å²) in [6, 6.07) is 14.6. The molecule has 0 bridgehead atoms. The molecule has 1 fully saturated rings. The standard InChI is InChI=1S/C21H29N3O2/c1-23-11-10-17(15-23)14-22-21(25)24(12-13-26-2)16-19-8-5-7-18-6-3-4-9-20(18)19/h3-9,17H,10-16H2,1-2H3,(H,22,25). The van der Waals surface area contributed by atoms with E-state index in [4.69, 9.17) is 4.74 Å². The van der Waals surface area contributed by atoms with E-state index in [1.165, 1.54) is 10.8 Å². The van der Waals surface area contributed by atoms with Crippen LogP contribution in [-0.4, -0.2) is 62.8 Å². The monoisotopic (exact) mass is 355 g/mol. The summed E-state index contributed by atoms with van der Waals surface area (Å²) < 4.78 is 5.21. The van der Waals surface area contributed by atoms with Crippen LogP contribution in [0, 0.1) is 5.92 Å². The third kappa shape index (κ3) is 4.74. The molecular formula is C21H29N3O2. The van der Waals surface area contributed by atoms with E-state index in [1.807, 2.05) is 17.0 Å². The van der Waals surface area contributed by atoms with Gasteiger partial charge in [0, 0.05) is 33.3 Å². The maximum Gasteiger partial charge on any atom is 0.317 e. The Bertz CT molecular complexity index is 729. The Morgan fingerprint density at radius 3 is 2.85 bits per heavy atom. The fraction of sp³-hybridized carbons (Fsp3) is 0.476. The number of carbonyl (C=O) groups excluding carboxylic acids is 1. The molecule has 2 aromatic carbocycles. The van der Waals surface area contributed by atoms with E-state index >= 15 is 0 Å². The van der Waals surface area contributed by atoms with Crippen LogP contribution >= 0.6 is 0 Å². The van der Waals surface area contributed by atoms with Crippen molar-refractivity contribution in [1.29, 1.82) is 0 Å². The number of urea groups is 1. The summed E-state index contributed by atoms with van der Waals surface area (Å²) in [5.41, 5.74) is 1.16. The topological polar surface area (TPSA) is 44.8 Å². The third-order valence-corrected chi connectivity index (χ3v) is 5.12. The summed E-state index contributed by atoms with van der Waals surface area (Å²) in [4.78, 5) is 16.9. The molecule has 1 aliphatic heterocycles. The van der Waals surface area contributed by atoms with E-state index in [-0.39, 0.29) is 6.03 Å². The third-order valence-electron chi connectivity index (χ3n) is 5.12. The van der Waals surface area contributed by atoms with E-state index in [1.54, 1.807) is 7.11 Å². The summed E-state index contributed by atoms with van der Waals surface area (Å²) in [5.74, 6) is 0.547. The largest absolute Gasteiger partial charge is 0.383 e. The second-order valence-electron chi connectivity index (χ2n) is 7.16. The first-order valence-corrected chi connectivity index (χ1v) is 9.34. The zero-order valence-electron chi connectivity index (χ0n) is 15.8. The van der Waals surface area contributed by atoms with Crippen molar-refractivity contribution in [3.05, 3.63) is 48.0 Å². The lowest BCUT2D eigenvalue weighted by Crippen LogP contribution is -2.43. The molecule has 1 atom stereocenters. The predicted octanol–water partition coefficient (Wildman–Crippen LogP) is 2.95. The molecule has 5 heteroatoms. The Balaban J connectivity index is 1.67. The smallest absolute Gasteiger partial charge is 0.317 e. The highest BCUT2D eigenvalue weighted by Crippen LogP contribution is 2.20. The van der Waals surface area contributed by atoms with Crippen LogP contribution in [0.25, 0.3) is 10.8 Å². The molecular weight excluding hydrogens is 326 g/mol. The van der Waals surface area contributed by atoms with Gasteiger partial charge in [0.1, 0.15) is 0 Å². The Kier molecular flexibility index (Phi) is 6.47. The molecule has 2 aromatic rings. The molecule has 0 spiro atoms. The van der Waals surface area contributed by atoms with Crippen LogP contribution in [0.15, 0.2) is 42.5 Å². The van der Waals surface area contributed by atoms with Gasteiger partial charge in [0.05, 0.1) is 6.61 Å². The Morgan fingerprint density at radius 2 is 2.08 bits per heavy atom. The van der Waals surface area contributed by atoms with Crippen molar-refractivity contribution in [2.45, 2.75) is 13.0 Å². The molecule has 3 rings (SSSR count). The summed E-state index contributed by atoms with van der Waals surface area (Å²) in [5, 5.41) is 5.52. The number of methoxy groups -OCH3 is 1. The minimum Gasteiger partial charge on any atom is -0.383 e. The molecule has 1 heterocycles. The van der Waals surface area contributed by atoms with Crippen LogP contribution in [0.4, 0.5) is 4.79 Å². The lowest BCUT2D eigenvalue weighted by atomic mass is 10.0. The molecule has 1 saturated heterocycles. The van der Waals surface area contributed by atoms with Gasteiger partial charge in [-0.15, -0.1) is 0 Å². The molecule has 26 heavy (non-hydrogen) atoms. The van der Waals surface area contributed by atoms with Crippen molar-refractivity contribution < 1.29 is 9.53 Å². The van der Waals surface area contributed by atoms with Gasteiger partial charge in [-0.1, -0.05) is 42.5 Å². The van der Waals surface area contributed by atoms with Gasteiger partial charge in [-0.2, -0.15) is 0 Å². The van der Waals surface area contributed by atoms with Crippen molar-refractivity contribution in [1.82, 2.24) is 15.1 Å². The predicted molar refractivity (Wildman–Crippen MR) is 105 cm³/mol. The number of nitrogens with zero attached hydrogens (tertiary/aromatic N) is 2. The lowest BCUT2D eigenvalue weighted by molar-refractivity contribution is 0.146. The van der Waals surface area contributed by atoms with E-state index in [0.717, 1.165) is 31.6 Å². The normalized spacial score (nSPS) is 17.5. The molecule has 1 aliphatic rings. The Hall–Kier alpha value is -2.11. The highest BCUT2D eigenvalue weighted by molar-refractivity contribution is 5.86. The maximum atomic E-state index is 12.8. The number of nitrogens with one attached hydrogen (secondary N) is 1. The molecule has 5 nitrogen and oxygen atoms in total. The summed E-state index contributed by atoms with van der Waals surface area (Å²) in [7, 11) is 3.80. The quantitative estimate of drug-likeness (QED) is 0.830. The van der Waals surface area contributed by atoms with Crippen LogP contribution < -0.4 is 5.32 Å². The summed E-state index contributed by atoms with van der Waals surface area (Å²) >= 11 is 0. The molecule has 1 unspecified atom stereocenters. The average Bonchev–Trinajstić information content (AvgIpc) is 3.08. The van der Waals surface area contributed by atoms with Gasteiger partial charge >= 0.3 is 6.03 Å². The zero-order chi connectivity index (χ0) is 18.4. The summed E-state index contributed by atoms with van der Waals surface area (Å²) in [6.07, 6.45) is 1.15. The van der Waals surface area contributed by atoms with E-state index in [2.05, 4.69) is 47.6 Å². The SMILES string of the molecule is COCCN(Cc1cccc2ccccc12)C(=O)NCC1CCN(C)C1. The van der Waals surface area contributed by atoms with Gasteiger partial charge in [-0.05, 0) is 42.3 Å². The van der Waals surface area contributed by atoms with Gasteiger partial charge < -0.3 is 19.9 Å².